The summed E-state index contributed by atoms with van der Waals surface area (Å²) in [4.78, 5) is 19.9. The summed E-state index contributed by atoms with van der Waals surface area (Å²) in [7, 11) is 0. The van der Waals surface area contributed by atoms with Gasteiger partial charge in [-0.25, -0.2) is 0 Å². The van der Waals surface area contributed by atoms with E-state index in [1.54, 1.807) is 42.9 Å². The molecule has 0 saturated heterocycles. The number of amides is 1. The number of nitrogens with zero attached hydrogens (tertiary/aromatic N) is 3. The number of hydrogen-bond donors (Lipinski definition) is 2. The minimum Gasteiger partial charge on any atom is -0.304 e. The fourth-order valence-corrected chi connectivity index (χ4v) is 1.74. The van der Waals surface area contributed by atoms with Gasteiger partial charge >= 0.3 is 0 Å². The fraction of sp³-hybridized carbons (Fsp3) is 0. The average molecular weight is 265 g/mol. The van der Waals surface area contributed by atoms with Gasteiger partial charge in [0.25, 0.3) is 5.91 Å². The molecule has 3 rings (SSSR count). The van der Waals surface area contributed by atoms with E-state index in [-0.39, 0.29) is 5.91 Å². The van der Waals surface area contributed by atoms with Crippen molar-refractivity contribution in [1.82, 2.24) is 20.2 Å². The zero-order chi connectivity index (χ0) is 13.8. The van der Waals surface area contributed by atoms with E-state index in [4.69, 9.17) is 0 Å². The molecule has 0 aliphatic rings. The zero-order valence-electron chi connectivity index (χ0n) is 10.4. The van der Waals surface area contributed by atoms with E-state index >= 15 is 0 Å². The second kappa shape index (κ2) is 5.31. The summed E-state index contributed by atoms with van der Waals surface area (Å²) >= 11 is 0. The summed E-state index contributed by atoms with van der Waals surface area (Å²) in [6.07, 6.45) is 4.96. The number of aromatic nitrogens is 4. The third-order valence-electron chi connectivity index (χ3n) is 2.71. The first-order valence-electron chi connectivity index (χ1n) is 6.01. The molecule has 0 unspecified atom stereocenters. The number of carbonyl (C=O) groups excluding carboxylic acids is 1. The highest BCUT2D eigenvalue weighted by Crippen LogP contribution is 2.18. The topological polar surface area (TPSA) is 83.6 Å². The maximum atomic E-state index is 11.9. The van der Waals surface area contributed by atoms with Crippen LogP contribution in [-0.2, 0) is 0 Å². The molecule has 0 aliphatic carbocycles. The predicted molar refractivity (Wildman–Crippen MR) is 74.0 cm³/mol. The smallest absolute Gasteiger partial charge is 0.275 e. The van der Waals surface area contributed by atoms with Crippen LogP contribution in [-0.4, -0.2) is 26.1 Å². The Balaban J connectivity index is 1.77. The summed E-state index contributed by atoms with van der Waals surface area (Å²) < 4.78 is 0. The molecule has 2 N–H and O–H groups in total. The van der Waals surface area contributed by atoms with Crippen LogP contribution in [0.3, 0.4) is 0 Å². The molecule has 0 aromatic carbocycles. The van der Waals surface area contributed by atoms with Crippen LogP contribution in [0.4, 0.5) is 5.82 Å². The van der Waals surface area contributed by atoms with Crippen molar-refractivity contribution in [2.75, 3.05) is 5.32 Å². The van der Waals surface area contributed by atoms with Gasteiger partial charge in [-0.05, 0) is 24.3 Å². The van der Waals surface area contributed by atoms with Crippen molar-refractivity contribution in [3.8, 4) is 11.3 Å². The Kier molecular flexibility index (Phi) is 3.20. The van der Waals surface area contributed by atoms with Crippen LogP contribution in [0, 0.1) is 0 Å². The fourth-order valence-electron chi connectivity index (χ4n) is 1.74. The second-order valence-corrected chi connectivity index (χ2v) is 4.07. The van der Waals surface area contributed by atoms with Gasteiger partial charge in [-0.1, -0.05) is 6.07 Å². The molecule has 0 spiro atoms. The monoisotopic (exact) mass is 265 g/mol. The highest BCUT2D eigenvalue weighted by Gasteiger charge is 2.09. The van der Waals surface area contributed by atoms with Gasteiger partial charge in [0.15, 0.2) is 5.82 Å². The Morgan fingerprint density at radius 1 is 1.10 bits per heavy atom. The molecule has 0 radical (unpaired) electrons. The van der Waals surface area contributed by atoms with Gasteiger partial charge in [-0.15, -0.1) is 0 Å². The minimum atomic E-state index is -0.293. The highest BCUT2D eigenvalue weighted by molar-refractivity contribution is 6.02. The highest BCUT2D eigenvalue weighted by atomic mass is 16.1. The number of H-pyrrole nitrogens is 1. The Morgan fingerprint density at radius 3 is 2.70 bits per heavy atom. The Morgan fingerprint density at radius 2 is 1.95 bits per heavy atom. The van der Waals surface area contributed by atoms with E-state index in [2.05, 4.69) is 25.5 Å². The largest absolute Gasteiger partial charge is 0.304 e. The van der Waals surface area contributed by atoms with Crippen LogP contribution in [0.5, 0.6) is 0 Å². The van der Waals surface area contributed by atoms with Gasteiger partial charge in [0.05, 0.1) is 5.69 Å². The molecule has 0 atom stereocenters. The first-order chi connectivity index (χ1) is 9.83. The lowest BCUT2D eigenvalue weighted by Gasteiger charge is -1.99. The van der Waals surface area contributed by atoms with Crippen LogP contribution in [0.1, 0.15) is 10.5 Å². The summed E-state index contributed by atoms with van der Waals surface area (Å²) in [6.45, 7) is 0. The molecular weight excluding hydrogens is 254 g/mol. The first kappa shape index (κ1) is 12.0. The molecule has 98 valence electrons. The zero-order valence-corrected chi connectivity index (χ0v) is 10.4. The van der Waals surface area contributed by atoms with E-state index in [0.29, 0.717) is 11.5 Å². The number of anilines is 1. The van der Waals surface area contributed by atoms with Crippen molar-refractivity contribution in [3.05, 3.63) is 60.7 Å². The van der Waals surface area contributed by atoms with Gasteiger partial charge in [-0.3, -0.25) is 19.9 Å². The summed E-state index contributed by atoms with van der Waals surface area (Å²) in [5.74, 6) is 0.158. The number of rotatable bonds is 3. The SMILES string of the molecule is O=C(Nc1cc(-c2ccncc2)[nH]n1)c1ccccn1. The minimum absolute atomic E-state index is 0.293. The van der Waals surface area contributed by atoms with Gasteiger partial charge in [-0.2, -0.15) is 5.10 Å². The molecule has 6 nitrogen and oxygen atoms in total. The predicted octanol–water partition coefficient (Wildman–Crippen LogP) is 2.12. The van der Waals surface area contributed by atoms with Gasteiger partial charge in [0, 0.05) is 30.2 Å². The van der Waals surface area contributed by atoms with Gasteiger partial charge in [0.2, 0.25) is 0 Å². The standard InChI is InChI=1S/C14H11N5O/c20-14(11-3-1-2-6-16-11)17-13-9-12(18-19-13)10-4-7-15-8-5-10/h1-9H,(H2,17,18,19,20). The average Bonchev–Trinajstić information content (AvgIpc) is 2.97. The van der Waals surface area contributed by atoms with Crippen molar-refractivity contribution < 1.29 is 4.79 Å². The van der Waals surface area contributed by atoms with Crippen molar-refractivity contribution in [3.63, 3.8) is 0 Å². The lowest BCUT2D eigenvalue weighted by atomic mass is 10.2. The normalized spacial score (nSPS) is 10.2. The quantitative estimate of drug-likeness (QED) is 0.759. The van der Waals surface area contributed by atoms with Crippen molar-refractivity contribution >= 4 is 11.7 Å². The molecule has 3 heterocycles. The molecule has 0 aliphatic heterocycles. The number of nitrogens with one attached hydrogen (secondary N) is 2. The molecule has 6 heteroatoms. The third kappa shape index (κ3) is 2.54. The molecule has 3 aromatic rings. The van der Waals surface area contributed by atoms with Crippen LogP contribution in [0.2, 0.25) is 0 Å². The summed E-state index contributed by atoms with van der Waals surface area (Å²) in [5.41, 5.74) is 2.11. The lowest BCUT2D eigenvalue weighted by Crippen LogP contribution is -2.13. The second-order valence-electron chi connectivity index (χ2n) is 4.07. The van der Waals surface area contributed by atoms with E-state index in [9.17, 15) is 4.79 Å². The molecule has 3 aromatic heterocycles. The number of pyridine rings is 2. The molecule has 0 fully saturated rings. The molecule has 0 bridgehead atoms. The maximum absolute atomic E-state index is 11.9. The Hall–Kier alpha value is -3.02. The van der Waals surface area contributed by atoms with Crippen LogP contribution in [0.15, 0.2) is 55.0 Å². The Bertz CT molecular complexity index is 709. The van der Waals surface area contributed by atoms with E-state index in [1.165, 1.54) is 0 Å². The number of carbonyl (C=O) groups is 1. The Labute approximate surface area is 114 Å². The maximum Gasteiger partial charge on any atom is 0.275 e. The van der Waals surface area contributed by atoms with Gasteiger partial charge in [0.1, 0.15) is 5.69 Å². The van der Waals surface area contributed by atoms with Crippen molar-refractivity contribution in [2.24, 2.45) is 0 Å². The lowest BCUT2D eigenvalue weighted by molar-refractivity contribution is 0.102. The number of hydrogen-bond acceptors (Lipinski definition) is 4. The van der Waals surface area contributed by atoms with E-state index in [1.807, 2.05) is 12.1 Å². The van der Waals surface area contributed by atoms with E-state index in [0.717, 1.165) is 11.3 Å². The van der Waals surface area contributed by atoms with Crippen molar-refractivity contribution in [1.29, 1.82) is 0 Å². The molecule has 1 amide bonds. The van der Waals surface area contributed by atoms with Crippen molar-refractivity contribution in [2.45, 2.75) is 0 Å². The third-order valence-corrected chi connectivity index (χ3v) is 2.71. The van der Waals surface area contributed by atoms with Gasteiger partial charge < -0.3 is 5.32 Å². The molecular formula is C14H11N5O. The summed E-state index contributed by atoms with van der Waals surface area (Å²) in [6, 6.07) is 10.6. The van der Waals surface area contributed by atoms with Crippen LogP contribution < -0.4 is 5.32 Å². The first-order valence-corrected chi connectivity index (χ1v) is 6.01. The van der Waals surface area contributed by atoms with Crippen LogP contribution in [0.25, 0.3) is 11.3 Å². The van der Waals surface area contributed by atoms with E-state index < -0.39 is 0 Å². The number of aromatic amines is 1. The summed E-state index contributed by atoms with van der Waals surface area (Å²) in [5, 5.41) is 9.61. The molecule has 0 saturated carbocycles. The van der Waals surface area contributed by atoms with Crippen LogP contribution >= 0.6 is 0 Å². The molecule has 20 heavy (non-hydrogen) atoms.